The van der Waals surface area contributed by atoms with Crippen LogP contribution in [-0.4, -0.2) is 26.2 Å². The maximum atomic E-state index is 13.9. The van der Waals surface area contributed by atoms with Crippen LogP contribution in [0.4, 0.5) is 4.39 Å². The van der Waals surface area contributed by atoms with Crippen molar-refractivity contribution in [3.8, 4) is 0 Å². The van der Waals surface area contributed by atoms with Gasteiger partial charge in [0, 0.05) is 13.1 Å². The quantitative estimate of drug-likeness (QED) is 0.745. The lowest BCUT2D eigenvalue weighted by Gasteiger charge is -2.35. The summed E-state index contributed by atoms with van der Waals surface area (Å²) in [5.41, 5.74) is -0.222. The zero-order chi connectivity index (χ0) is 10.9. The van der Waals surface area contributed by atoms with E-state index < -0.39 is 11.6 Å². The van der Waals surface area contributed by atoms with Gasteiger partial charge in [0.05, 0.1) is 12.7 Å². The van der Waals surface area contributed by atoms with E-state index in [1.54, 1.807) is 24.3 Å². The molecule has 1 N–H and O–H groups in total. The van der Waals surface area contributed by atoms with Crippen molar-refractivity contribution < 1.29 is 13.9 Å². The first-order valence-corrected chi connectivity index (χ1v) is 4.74. The normalized spacial score (nSPS) is 18.0. The lowest BCUT2D eigenvalue weighted by Crippen LogP contribution is -2.53. The maximum absolute atomic E-state index is 13.9. The van der Waals surface area contributed by atoms with Gasteiger partial charge >= 0.3 is 5.97 Å². The summed E-state index contributed by atoms with van der Waals surface area (Å²) in [6, 6.07) is 6.43. The van der Waals surface area contributed by atoms with Gasteiger partial charge in [0.15, 0.2) is 5.67 Å². The van der Waals surface area contributed by atoms with Crippen molar-refractivity contribution in [2.24, 2.45) is 0 Å². The number of carbonyl (C=O) groups excluding carboxylic acids is 1. The molecule has 1 saturated heterocycles. The number of rotatable bonds is 2. The molecule has 1 aromatic rings. The van der Waals surface area contributed by atoms with Gasteiger partial charge < -0.3 is 10.1 Å². The Labute approximate surface area is 87.2 Å². The van der Waals surface area contributed by atoms with Crippen molar-refractivity contribution in [3.05, 3.63) is 35.4 Å². The monoisotopic (exact) mass is 209 g/mol. The van der Waals surface area contributed by atoms with Crippen molar-refractivity contribution >= 4 is 5.97 Å². The van der Waals surface area contributed by atoms with Crippen LogP contribution in [-0.2, 0) is 10.4 Å². The molecule has 0 atom stereocenters. The molecule has 1 aliphatic rings. The van der Waals surface area contributed by atoms with Gasteiger partial charge in [-0.1, -0.05) is 12.1 Å². The smallest absolute Gasteiger partial charge is 0.337 e. The average molecular weight is 209 g/mol. The molecule has 0 aliphatic carbocycles. The molecular formula is C11H12FNO2. The summed E-state index contributed by atoms with van der Waals surface area (Å²) in [5, 5.41) is 2.88. The number of esters is 1. The molecule has 1 fully saturated rings. The highest BCUT2D eigenvalue weighted by molar-refractivity contribution is 5.89. The van der Waals surface area contributed by atoms with Crippen molar-refractivity contribution in [2.45, 2.75) is 5.67 Å². The van der Waals surface area contributed by atoms with E-state index in [4.69, 9.17) is 0 Å². The van der Waals surface area contributed by atoms with Crippen LogP contribution < -0.4 is 5.32 Å². The van der Waals surface area contributed by atoms with Crippen molar-refractivity contribution in [2.75, 3.05) is 20.2 Å². The lowest BCUT2D eigenvalue weighted by molar-refractivity contribution is 0.0599. The molecule has 80 valence electrons. The predicted octanol–water partition coefficient (Wildman–Crippen LogP) is 1.24. The molecule has 0 bridgehead atoms. The van der Waals surface area contributed by atoms with Gasteiger partial charge in [0.1, 0.15) is 0 Å². The fourth-order valence-electron chi connectivity index (χ4n) is 1.57. The maximum Gasteiger partial charge on any atom is 0.337 e. The van der Waals surface area contributed by atoms with E-state index in [2.05, 4.69) is 10.1 Å². The molecular weight excluding hydrogens is 197 g/mol. The van der Waals surface area contributed by atoms with Crippen LogP contribution in [0.1, 0.15) is 15.9 Å². The Balaban J connectivity index is 2.20. The predicted molar refractivity (Wildman–Crippen MR) is 53.4 cm³/mol. The number of methoxy groups -OCH3 is 1. The zero-order valence-electron chi connectivity index (χ0n) is 8.42. The van der Waals surface area contributed by atoms with Crippen molar-refractivity contribution in [1.82, 2.24) is 5.32 Å². The number of alkyl halides is 1. The second-order valence-corrected chi connectivity index (χ2v) is 3.64. The highest BCUT2D eigenvalue weighted by atomic mass is 19.1. The molecule has 4 heteroatoms. The van der Waals surface area contributed by atoms with Crippen LogP contribution in [0.25, 0.3) is 0 Å². The summed E-state index contributed by atoms with van der Waals surface area (Å²) in [4.78, 5) is 11.1. The van der Waals surface area contributed by atoms with Crippen LogP contribution >= 0.6 is 0 Å². The van der Waals surface area contributed by atoms with Gasteiger partial charge in [-0.05, 0) is 17.7 Å². The first-order valence-electron chi connectivity index (χ1n) is 4.74. The van der Waals surface area contributed by atoms with E-state index in [-0.39, 0.29) is 0 Å². The Morgan fingerprint density at radius 2 is 2.00 bits per heavy atom. The second-order valence-electron chi connectivity index (χ2n) is 3.64. The molecule has 1 heterocycles. The van der Waals surface area contributed by atoms with E-state index in [1.807, 2.05) is 0 Å². The minimum absolute atomic E-state index is 0.338. The van der Waals surface area contributed by atoms with E-state index >= 15 is 0 Å². The number of hydrogen-bond donors (Lipinski definition) is 1. The summed E-state index contributed by atoms with van der Waals surface area (Å²) >= 11 is 0. The Kier molecular flexibility index (Phi) is 2.44. The van der Waals surface area contributed by atoms with Gasteiger partial charge in [-0.25, -0.2) is 9.18 Å². The van der Waals surface area contributed by atoms with E-state index in [9.17, 15) is 9.18 Å². The number of hydrogen-bond acceptors (Lipinski definition) is 3. The summed E-state index contributed by atoms with van der Waals surface area (Å²) in [5.74, 6) is -0.402. The molecule has 1 aliphatic heterocycles. The Morgan fingerprint density at radius 1 is 1.40 bits per heavy atom. The molecule has 0 radical (unpaired) electrons. The highest BCUT2D eigenvalue weighted by Gasteiger charge is 2.38. The molecule has 1 aromatic carbocycles. The van der Waals surface area contributed by atoms with Gasteiger partial charge in [0.25, 0.3) is 0 Å². The summed E-state index contributed by atoms with van der Waals surface area (Å²) in [6.45, 7) is 0.676. The van der Waals surface area contributed by atoms with E-state index in [1.165, 1.54) is 7.11 Å². The Bertz CT molecular complexity index is 371. The van der Waals surface area contributed by atoms with Crippen LogP contribution in [0.15, 0.2) is 24.3 Å². The third-order valence-electron chi connectivity index (χ3n) is 2.63. The standard InChI is InChI=1S/C11H12FNO2/c1-15-10(14)8-2-4-9(5-3-8)11(12)6-13-7-11/h2-5,13H,6-7H2,1H3. The third-order valence-corrected chi connectivity index (χ3v) is 2.63. The van der Waals surface area contributed by atoms with Crippen LogP contribution in [0, 0.1) is 0 Å². The van der Waals surface area contributed by atoms with Gasteiger partial charge in [0.2, 0.25) is 0 Å². The molecule has 3 nitrogen and oxygen atoms in total. The molecule has 0 spiro atoms. The molecule has 2 rings (SSSR count). The lowest BCUT2D eigenvalue weighted by atomic mass is 9.90. The Morgan fingerprint density at radius 3 is 2.40 bits per heavy atom. The fraction of sp³-hybridized carbons (Fsp3) is 0.364. The average Bonchev–Trinajstić information content (AvgIpc) is 2.25. The van der Waals surface area contributed by atoms with Crippen molar-refractivity contribution in [3.63, 3.8) is 0 Å². The molecule has 0 amide bonds. The molecule has 0 saturated carbocycles. The van der Waals surface area contributed by atoms with Crippen LogP contribution in [0.5, 0.6) is 0 Å². The summed E-state index contributed by atoms with van der Waals surface area (Å²) < 4.78 is 18.4. The van der Waals surface area contributed by atoms with Gasteiger partial charge in [-0.2, -0.15) is 0 Å². The molecule has 15 heavy (non-hydrogen) atoms. The molecule has 0 unspecified atom stereocenters. The fourth-order valence-corrected chi connectivity index (χ4v) is 1.57. The SMILES string of the molecule is COC(=O)c1ccc(C2(F)CNC2)cc1. The minimum Gasteiger partial charge on any atom is -0.465 e. The Hall–Kier alpha value is -1.42. The number of benzene rings is 1. The largest absolute Gasteiger partial charge is 0.465 e. The summed E-state index contributed by atoms with van der Waals surface area (Å²) in [7, 11) is 1.32. The van der Waals surface area contributed by atoms with Crippen LogP contribution in [0.2, 0.25) is 0 Å². The van der Waals surface area contributed by atoms with Gasteiger partial charge in [-0.3, -0.25) is 0 Å². The van der Waals surface area contributed by atoms with E-state index in [0.717, 1.165) is 0 Å². The van der Waals surface area contributed by atoms with Crippen LogP contribution in [0.3, 0.4) is 0 Å². The number of nitrogens with one attached hydrogen (secondary N) is 1. The van der Waals surface area contributed by atoms with E-state index in [0.29, 0.717) is 24.2 Å². The minimum atomic E-state index is -1.27. The number of carbonyl (C=O) groups is 1. The van der Waals surface area contributed by atoms with Crippen molar-refractivity contribution in [1.29, 1.82) is 0 Å². The number of halogens is 1. The highest BCUT2D eigenvalue weighted by Crippen LogP contribution is 2.29. The first-order chi connectivity index (χ1) is 7.15. The second kappa shape index (κ2) is 3.62. The molecule has 0 aromatic heterocycles. The zero-order valence-corrected chi connectivity index (χ0v) is 8.42. The summed E-state index contributed by atoms with van der Waals surface area (Å²) in [6.07, 6.45) is 0. The third kappa shape index (κ3) is 1.72. The first kappa shape index (κ1) is 10.1. The number of ether oxygens (including phenoxy) is 1. The van der Waals surface area contributed by atoms with Gasteiger partial charge in [-0.15, -0.1) is 0 Å². The topological polar surface area (TPSA) is 38.3 Å².